The number of hydrogen-bond donors (Lipinski definition) is 1. The van der Waals surface area contributed by atoms with Crippen molar-refractivity contribution >= 4 is 21.4 Å². The summed E-state index contributed by atoms with van der Waals surface area (Å²) in [5.41, 5.74) is 0.572. The Bertz CT molecular complexity index is 1100. The summed E-state index contributed by atoms with van der Waals surface area (Å²) in [5, 5.41) is 14.8. The highest BCUT2D eigenvalue weighted by atomic mass is 32.2. The highest BCUT2D eigenvalue weighted by Crippen LogP contribution is 2.36. The minimum Gasteiger partial charge on any atom is -0.496 e. The first-order valence-corrected chi connectivity index (χ1v) is 12.1. The fraction of sp³-hybridized carbons (Fsp3) is 0.455. The Morgan fingerprint density at radius 1 is 0.939 bits per heavy atom. The summed E-state index contributed by atoms with van der Waals surface area (Å²) in [6.45, 7) is 1.03. The van der Waals surface area contributed by atoms with Crippen molar-refractivity contribution in [3.63, 3.8) is 0 Å². The summed E-state index contributed by atoms with van der Waals surface area (Å²) < 4.78 is 43.5. The molecule has 1 N–H and O–H groups in total. The van der Waals surface area contributed by atoms with E-state index in [-0.39, 0.29) is 22.8 Å². The molecule has 10 nitrogen and oxygen atoms in total. The van der Waals surface area contributed by atoms with Gasteiger partial charge in [-0.15, -0.1) is 0 Å². The van der Waals surface area contributed by atoms with E-state index in [1.54, 1.807) is 12.1 Å². The fourth-order valence-electron chi connectivity index (χ4n) is 3.82. The Morgan fingerprint density at radius 2 is 1.55 bits per heavy atom. The van der Waals surface area contributed by atoms with Crippen LogP contribution >= 0.6 is 0 Å². The van der Waals surface area contributed by atoms with Gasteiger partial charge in [0.05, 0.1) is 31.1 Å². The van der Waals surface area contributed by atoms with Crippen LogP contribution in [0.25, 0.3) is 0 Å². The minimum absolute atomic E-state index is 0.0784. The van der Waals surface area contributed by atoms with Crippen molar-refractivity contribution in [2.24, 2.45) is 0 Å². The lowest BCUT2D eigenvalue weighted by Crippen LogP contribution is -2.32. The summed E-state index contributed by atoms with van der Waals surface area (Å²) in [6.07, 6.45) is 3.53. The largest absolute Gasteiger partial charge is 0.496 e. The van der Waals surface area contributed by atoms with Crippen molar-refractivity contribution in [2.75, 3.05) is 39.7 Å². The molecule has 11 heteroatoms. The zero-order valence-electron chi connectivity index (χ0n) is 19.0. The van der Waals surface area contributed by atoms with Gasteiger partial charge in [0.2, 0.25) is 10.0 Å². The van der Waals surface area contributed by atoms with Crippen LogP contribution in [0.1, 0.15) is 31.2 Å². The van der Waals surface area contributed by atoms with Gasteiger partial charge < -0.3 is 19.5 Å². The third-order valence-corrected chi connectivity index (χ3v) is 7.52. The molecule has 2 aromatic carbocycles. The third-order valence-electron chi connectivity index (χ3n) is 5.62. The molecule has 180 valence electrons. The second-order valence-electron chi connectivity index (χ2n) is 7.63. The molecule has 0 saturated carbocycles. The standard InChI is InChI=1S/C22H29N3O7S/c1-30-20-14-22(32-3)21(31-2)12-16(20)15-23-18-9-8-17(13-19(18)25(26)27)33(28,29)24-10-6-4-5-7-11-24/h8-9,12-14,23H,4-7,10-11,15H2,1-3H3. The number of nitro groups is 1. The first-order valence-electron chi connectivity index (χ1n) is 10.6. The van der Waals surface area contributed by atoms with Crippen molar-refractivity contribution in [1.29, 1.82) is 0 Å². The molecular formula is C22H29N3O7S. The van der Waals surface area contributed by atoms with Crippen LogP contribution in [0.4, 0.5) is 11.4 Å². The van der Waals surface area contributed by atoms with Crippen molar-refractivity contribution in [3.8, 4) is 17.2 Å². The van der Waals surface area contributed by atoms with E-state index in [2.05, 4.69) is 5.32 Å². The molecule has 0 bridgehead atoms. The highest BCUT2D eigenvalue weighted by molar-refractivity contribution is 7.89. The average molecular weight is 480 g/mol. The number of hydrogen-bond acceptors (Lipinski definition) is 8. The molecule has 2 aromatic rings. The van der Waals surface area contributed by atoms with E-state index in [0.29, 0.717) is 35.9 Å². The molecule has 0 spiro atoms. The van der Waals surface area contributed by atoms with Gasteiger partial charge >= 0.3 is 0 Å². The lowest BCUT2D eigenvalue weighted by Gasteiger charge is -2.20. The monoisotopic (exact) mass is 479 g/mol. The molecule has 0 unspecified atom stereocenters. The van der Waals surface area contributed by atoms with Crippen LogP contribution in [0.15, 0.2) is 35.2 Å². The lowest BCUT2D eigenvalue weighted by atomic mass is 10.1. The van der Waals surface area contributed by atoms with Crippen molar-refractivity contribution in [1.82, 2.24) is 4.31 Å². The van der Waals surface area contributed by atoms with Gasteiger partial charge in [0.1, 0.15) is 11.4 Å². The van der Waals surface area contributed by atoms with Gasteiger partial charge in [-0.3, -0.25) is 10.1 Å². The second kappa shape index (κ2) is 10.7. The molecule has 3 rings (SSSR count). The van der Waals surface area contributed by atoms with E-state index < -0.39 is 14.9 Å². The molecule has 0 radical (unpaired) electrons. The smallest absolute Gasteiger partial charge is 0.293 e. The van der Waals surface area contributed by atoms with Gasteiger partial charge in [-0.05, 0) is 31.0 Å². The van der Waals surface area contributed by atoms with Gasteiger partial charge in [0, 0.05) is 37.3 Å². The van der Waals surface area contributed by atoms with Crippen LogP contribution in [0, 0.1) is 10.1 Å². The molecule has 1 fully saturated rings. The van der Waals surface area contributed by atoms with E-state index in [0.717, 1.165) is 31.7 Å². The van der Waals surface area contributed by atoms with Gasteiger partial charge in [-0.1, -0.05) is 12.8 Å². The number of benzene rings is 2. The van der Waals surface area contributed by atoms with E-state index >= 15 is 0 Å². The number of nitrogens with zero attached hydrogens (tertiary/aromatic N) is 2. The summed E-state index contributed by atoms with van der Waals surface area (Å²) in [4.78, 5) is 11.1. The summed E-state index contributed by atoms with van der Waals surface area (Å²) >= 11 is 0. The third kappa shape index (κ3) is 5.48. The SMILES string of the molecule is COc1cc(OC)c(OC)cc1CNc1ccc(S(=O)(=O)N2CCCCCC2)cc1[N+](=O)[O-]. The molecule has 1 aliphatic heterocycles. The normalized spacial score (nSPS) is 14.9. The van der Waals surface area contributed by atoms with Crippen LogP contribution in [-0.2, 0) is 16.6 Å². The molecule has 1 heterocycles. The Kier molecular flexibility index (Phi) is 7.98. The summed E-state index contributed by atoms with van der Waals surface area (Å²) in [5.74, 6) is 1.50. The van der Waals surface area contributed by atoms with Gasteiger partial charge in [0.25, 0.3) is 5.69 Å². The minimum atomic E-state index is -3.80. The van der Waals surface area contributed by atoms with E-state index in [4.69, 9.17) is 14.2 Å². The molecule has 1 saturated heterocycles. The summed E-state index contributed by atoms with van der Waals surface area (Å²) in [6, 6.07) is 7.33. The fourth-order valence-corrected chi connectivity index (χ4v) is 5.36. The first-order chi connectivity index (χ1) is 15.8. The van der Waals surface area contributed by atoms with Crippen LogP contribution in [0.2, 0.25) is 0 Å². The number of anilines is 1. The lowest BCUT2D eigenvalue weighted by molar-refractivity contribution is -0.384. The van der Waals surface area contributed by atoms with Gasteiger partial charge in [-0.2, -0.15) is 4.31 Å². The summed E-state index contributed by atoms with van der Waals surface area (Å²) in [7, 11) is 0.731. The molecule has 0 aromatic heterocycles. The number of rotatable bonds is 9. The van der Waals surface area contributed by atoms with Gasteiger partial charge in [0.15, 0.2) is 11.5 Å². The number of methoxy groups -OCH3 is 3. The van der Waals surface area contributed by atoms with E-state index in [9.17, 15) is 18.5 Å². The predicted octanol–water partition coefficient (Wildman–Crippen LogP) is 3.80. The number of nitro benzene ring substituents is 1. The molecular weight excluding hydrogens is 450 g/mol. The molecule has 0 amide bonds. The number of ether oxygens (including phenoxy) is 3. The van der Waals surface area contributed by atoms with E-state index in [1.165, 1.54) is 37.8 Å². The maximum absolute atomic E-state index is 13.1. The zero-order chi connectivity index (χ0) is 24.0. The number of nitrogens with one attached hydrogen (secondary N) is 1. The Labute approximate surface area is 193 Å². The highest BCUT2D eigenvalue weighted by Gasteiger charge is 2.28. The molecule has 33 heavy (non-hydrogen) atoms. The Hall–Kier alpha value is -3.05. The quantitative estimate of drug-likeness (QED) is 0.426. The topological polar surface area (TPSA) is 120 Å². The van der Waals surface area contributed by atoms with Gasteiger partial charge in [-0.25, -0.2) is 8.42 Å². The maximum Gasteiger partial charge on any atom is 0.293 e. The van der Waals surface area contributed by atoms with E-state index in [1.807, 2.05) is 0 Å². The molecule has 0 atom stereocenters. The Morgan fingerprint density at radius 3 is 2.12 bits per heavy atom. The number of sulfonamides is 1. The van der Waals surface area contributed by atoms with Crippen molar-refractivity contribution in [2.45, 2.75) is 37.1 Å². The van der Waals surface area contributed by atoms with Crippen molar-refractivity contribution in [3.05, 3.63) is 46.0 Å². The van der Waals surface area contributed by atoms with Crippen LogP contribution < -0.4 is 19.5 Å². The molecule has 0 aliphatic carbocycles. The predicted molar refractivity (Wildman–Crippen MR) is 124 cm³/mol. The zero-order valence-corrected chi connectivity index (χ0v) is 19.8. The maximum atomic E-state index is 13.1. The van der Waals surface area contributed by atoms with Crippen LogP contribution in [0.5, 0.6) is 17.2 Å². The second-order valence-corrected chi connectivity index (χ2v) is 9.56. The first kappa shape index (κ1) is 24.6. The van der Waals surface area contributed by atoms with Crippen molar-refractivity contribution < 1.29 is 27.6 Å². The average Bonchev–Trinajstić information content (AvgIpc) is 3.12. The van der Waals surface area contributed by atoms with Crippen LogP contribution in [0.3, 0.4) is 0 Å². The van der Waals surface area contributed by atoms with Crippen LogP contribution in [-0.4, -0.2) is 52.1 Å². The Balaban J connectivity index is 1.88. The molecule has 1 aliphatic rings.